The van der Waals surface area contributed by atoms with Crippen LogP contribution in [-0.4, -0.2) is 16.9 Å². The number of benzene rings is 1. The summed E-state index contributed by atoms with van der Waals surface area (Å²) in [5.74, 6) is -0.0688. The van der Waals surface area contributed by atoms with Gasteiger partial charge in [0, 0.05) is 41.2 Å². The number of hydrogen-bond donors (Lipinski definition) is 2. The second-order valence-corrected chi connectivity index (χ2v) is 6.10. The molecular formula is C16H19N3OS. The van der Waals surface area contributed by atoms with Crippen molar-refractivity contribution in [3.8, 4) is 0 Å². The van der Waals surface area contributed by atoms with E-state index in [4.69, 9.17) is 5.73 Å². The third-order valence-corrected chi connectivity index (χ3v) is 4.45. The van der Waals surface area contributed by atoms with Gasteiger partial charge in [0.25, 0.3) is 0 Å². The van der Waals surface area contributed by atoms with Crippen molar-refractivity contribution in [1.29, 1.82) is 0 Å². The van der Waals surface area contributed by atoms with E-state index in [2.05, 4.69) is 10.3 Å². The molecule has 0 fully saturated rings. The molecule has 2 aromatic rings. The average molecular weight is 301 g/mol. The molecule has 1 aromatic heterocycles. The molecule has 0 aliphatic rings. The molecule has 1 heterocycles. The maximum Gasteiger partial charge on any atom is 0.221 e. The highest BCUT2D eigenvalue weighted by atomic mass is 32.2. The van der Waals surface area contributed by atoms with Crippen LogP contribution < -0.4 is 11.1 Å². The Balaban J connectivity index is 2.12. The molecule has 1 aromatic carbocycles. The Morgan fingerprint density at radius 1 is 1.19 bits per heavy atom. The van der Waals surface area contributed by atoms with Crippen LogP contribution in [0.15, 0.2) is 53.7 Å². The maximum absolute atomic E-state index is 11.0. The molecule has 2 atom stereocenters. The van der Waals surface area contributed by atoms with Crippen molar-refractivity contribution in [3.63, 3.8) is 0 Å². The van der Waals surface area contributed by atoms with E-state index in [0.29, 0.717) is 0 Å². The standard InChI is InChI=1S/C16H19N3OS/c1-11(17)16(13-7-9-18-10-8-13)21-15-5-3-14(4-6-15)19-12(2)20/h3-11,16H,17H2,1-2H3,(H,19,20). The van der Waals surface area contributed by atoms with E-state index in [1.165, 1.54) is 6.92 Å². The number of rotatable bonds is 5. The molecule has 4 nitrogen and oxygen atoms in total. The summed E-state index contributed by atoms with van der Waals surface area (Å²) < 4.78 is 0. The minimum Gasteiger partial charge on any atom is -0.327 e. The highest BCUT2D eigenvalue weighted by Crippen LogP contribution is 2.37. The normalized spacial score (nSPS) is 13.5. The molecule has 0 aliphatic carbocycles. The number of anilines is 1. The van der Waals surface area contributed by atoms with Gasteiger partial charge in [-0.25, -0.2) is 0 Å². The number of pyridine rings is 1. The summed E-state index contributed by atoms with van der Waals surface area (Å²) in [5, 5.41) is 2.92. The van der Waals surface area contributed by atoms with Crippen LogP contribution in [0.4, 0.5) is 5.69 Å². The fourth-order valence-electron chi connectivity index (χ4n) is 2.00. The first-order chi connectivity index (χ1) is 10.1. The lowest BCUT2D eigenvalue weighted by Crippen LogP contribution is -2.22. The lowest BCUT2D eigenvalue weighted by atomic mass is 10.1. The van der Waals surface area contributed by atoms with Crippen molar-refractivity contribution in [2.75, 3.05) is 5.32 Å². The lowest BCUT2D eigenvalue weighted by molar-refractivity contribution is -0.114. The van der Waals surface area contributed by atoms with E-state index in [0.717, 1.165) is 16.1 Å². The first-order valence-corrected chi connectivity index (χ1v) is 7.64. The van der Waals surface area contributed by atoms with Crippen molar-refractivity contribution in [2.45, 2.75) is 30.0 Å². The van der Waals surface area contributed by atoms with Gasteiger partial charge in [-0.1, -0.05) is 0 Å². The van der Waals surface area contributed by atoms with Crippen LogP contribution in [-0.2, 0) is 4.79 Å². The number of thioether (sulfide) groups is 1. The van der Waals surface area contributed by atoms with Gasteiger partial charge in [0.05, 0.1) is 0 Å². The third kappa shape index (κ3) is 4.58. The number of hydrogen-bond acceptors (Lipinski definition) is 4. The van der Waals surface area contributed by atoms with E-state index in [1.54, 1.807) is 24.2 Å². The molecule has 0 spiro atoms. The summed E-state index contributed by atoms with van der Waals surface area (Å²) in [4.78, 5) is 16.2. The largest absolute Gasteiger partial charge is 0.327 e. The number of carbonyl (C=O) groups excluding carboxylic acids is 1. The van der Waals surface area contributed by atoms with Crippen LogP contribution in [0, 0.1) is 0 Å². The monoisotopic (exact) mass is 301 g/mol. The molecule has 0 saturated heterocycles. The molecule has 1 amide bonds. The second kappa shape index (κ2) is 7.24. The molecule has 110 valence electrons. The molecule has 0 radical (unpaired) electrons. The molecule has 3 N–H and O–H groups in total. The number of nitrogens with one attached hydrogen (secondary N) is 1. The zero-order valence-corrected chi connectivity index (χ0v) is 12.9. The SMILES string of the molecule is CC(=O)Nc1ccc(SC(c2ccncc2)C(C)N)cc1. The fourth-order valence-corrected chi connectivity index (χ4v) is 3.09. The van der Waals surface area contributed by atoms with Crippen molar-refractivity contribution in [1.82, 2.24) is 4.98 Å². The molecule has 0 saturated carbocycles. The Labute approximate surface area is 129 Å². The van der Waals surface area contributed by atoms with Gasteiger partial charge in [-0.2, -0.15) is 0 Å². The van der Waals surface area contributed by atoms with Crippen molar-refractivity contribution >= 4 is 23.4 Å². The van der Waals surface area contributed by atoms with Crippen LogP contribution in [0.5, 0.6) is 0 Å². The van der Waals surface area contributed by atoms with E-state index in [1.807, 2.05) is 43.3 Å². The van der Waals surface area contributed by atoms with Crippen LogP contribution >= 0.6 is 11.8 Å². The number of aromatic nitrogens is 1. The van der Waals surface area contributed by atoms with Crippen molar-refractivity contribution in [2.24, 2.45) is 5.73 Å². The summed E-state index contributed by atoms with van der Waals surface area (Å²) >= 11 is 1.71. The molecule has 2 rings (SSSR count). The Kier molecular flexibility index (Phi) is 5.36. The van der Waals surface area contributed by atoms with Crippen LogP contribution in [0.25, 0.3) is 0 Å². The zero-order chi connectivity index (χ0) is 15.2. The highest BCUT2D eigenvalue weighted by molar-refractivity contribution is 7.99. The average Bonchev–Trinajstić information content (AvgIpc) is 2.46. The number of nitrogens with two attached hydrogens (primary N) is 1. The minimum atomic E-state index is -0.0688. The summed E-state index contributed by atoms with van der Waals surface area (Å²) in [6.45, 7) is 3.50. The Hall–Kier alpha value is -1.85. The number of carbonyl (C=O) groups is 1. The Morgan fingerprint density at radius 2 is 1.81 bits per heavy atom. The molecule has 21 heavy (non-hydrogen) atoms. The molecular weight excluding hydrogens is 282 g/mol. The highest BCUT2D eigenvalue weighted by Gasteiger charge is 2.17. The quantitative estimate of drug-likeness (QED) is 0.832. The summed E-state index contributed by atoms with van der Waals surface area (Å²) in [6.07, 6.45) is 3.57. The predicted molar refractivity (Wildman–Crippen MR) is 87.2 cm³/mol. The molecule has 2 unspecified atom stereocenters. The van der Waals surface area contributed by atoms with Crippen LogP contribution in [0.1, 0.15) is 24.7 Å². The molecule has 0 bridgehead atoms. The third-order valence-electron chi connectivity index (χ3n) is 2.95. The Morgan fingerprint density at radius 3 is 2.33 bits per heavy atom. The van der Waals surface area contributed by atoms with Crippen LogP contribution in [0.2, 0.25) is 0 Å². The Bertz CT molecular complexity index is 584. The fraction of sp³-hybridized carbons (Fsp3) is 0.250. The van der Waals surface area contributed by atoms with E-state index in [9.17, 15) is 4.79 Å². The van der Waals surface area contributed by atoms with E-state index >= 15 is 0 Å². The molecule has 0 aliphatic heterocycles. The van der Waals surface area contributed by atoms with Gasteiger partial charge in [-0.05, 0) is 48.9 Å². The summed E-state index contributed by atoms with van der Waals surface area (Å²) in [6, 6.07) is 11.8. The van der Waals surface area contributed by atoms with Gasteiger partial charge in [-0.3, -0.25) is 9.78 Å². The minimum absolute atomic E-state index is 0.0208. The molecule has 5 heteroatoms. The first-order valence-electron chi connectivity index (χ1n) is 6.76. The lowest BCUT2D eigenvalue weighted by Gasteiger charge is -2.20. The van der Waals surface area contributed by atoms with E-state index in [-0.39, 0.29) is 17.2 Å². The van der Waals surface area contributed by atoms with E-state index < -0.39 is 0 Å². The van der Waals surface area contributed by atoms with Gasteiger partial charge in [0.2, 0.25) is 5.91 Å². The second-order valence-electron chi connectivity index (χ2n) is 4.88. The van der Waals surface area contributed by atoms with Crippen molar-refractivity contribution < 1.29 is 4.79 Å². The van der Waals surface area contributed by atoms with Gasteiger partial charge in [0.15, 0.2) is 0 Å². The topological polar surface area (TPSA) is 68.0 Å². The number of amides is 1. The number of nitrogens with zero attached hydrogens (tertiary/aromatic N) is 1. The summed E-state index contributed by atoms with van der Waals surface area (Å²) in [7, 11) is 0. The van der Waals surface area contributed by atoms with Crippen LogP contribution in [0.3, 0.4) is 0 Å². The zero-order valence-electron chi connectivity index (χ0n) is 12.1. The van der Waals surface area contributed by atoms with Gasteiger partial charge >= 0.3 is 0 Å². The first kappa shape index (κ1) is 15.5. The van der Waals surface area contributed by atoms with Gasteiger partial charge in [-0.15, -0.1) is 11.8 Å². The maximum atomic E-state index is 11.0. The van der Waals surface area contributed by atoms with Crippen molar-refractivity contribution in [3.05, 3.63) is 54.4 Å². The van der Waals surface area contributed by atoms with Gasteiger partial charge < -0.3 is 11.1 Å². The summed E-state index contributed by atoms with van der Waals surface area (Å²) in [5.41, 5.74) is 8.08. The smallest absolute Gasteiger partial charge is 0.221 e. The predicted octanol–water partition coefficient (Wildman–Crippen LogP) is 3.22. The van der Waals surface area contributed by atoms with Gasteiger partial charge in [0.1, 0.15) is 0 Å².